The van der Waals surface area contributed by atoms with E-state index in [0.717, 1.165) is 11.3 Å². The maximum absolute atomic E-state index is 5.89. The highest BCUT2D eigenvalue weighted by molar-refractivity contribution is 5.50. The van der Waals surface area contributed by atoms with Crippen LogP contribution in [0.2, 0.25) is 0 Å². The summed E-state index contributed by atoms with van der Waals surface area (Å²) in [6.45, 7) is 9.61. The lowest BCUT2D eigenvalue weighted by Crippen LogP contribution is -2.20. The first-order valence-electron chi connectivity index (χ1n) is 9.23. The van der Waals surface area contributed by atoms with Crippen molar-refractivity contribution >= 4 is 6.08 Å². The molecule has 1 aromatic rings. The summed E-state index contributed by atoms with van der Waals surface area (Å²) < 4.78 is 11.1. The minimum atomic E-state index is 0.118. The van der Waals surface area contributed by atoms with Crippen molar-refractivity contribution in [1.82, 2.24) is 0 Å². The summed E-state index contributed by atoms with van der Waals surface area (Å²) in [5, 5.41) is 0. The molecule has 2 heteroatoms. The van der Waals surface area contributed by atoms with Crippen LogP contribution in [0.1, 0.15) is 52.5 Å². The SMILES string of the molecule is COc1ccc(/C=C/COC(C)/C=C/C2(C)CCCC(C)=C2C)cc1. The molecule has 0 bridgehead atoms. The fourth-order valence-corrected chi connectivity index (χ4v) is 3.30. The van der Waals surface area contributed by atoms with Crippen molar-refractivity contribution in [2.75, 3.05) is 13.7 Å². The van der Waals surface area contributed by atoms with E-state index in [0.29, 0.717) is 6.61 Å². The average molecular weight is 341 g/mol. The molecular weight excluding hydrogens is 308 g/mol. The van der Waals surface area contributed by atoms with Gasteiger partial charge in [0.1, 0.15) is 5.75 Å². The molecule has 2 nitrogen and oxygen atoms in total. The van der Waals surface area contributed by atoms with Gasteiger partial charge in [-0.25, -0.2) is 0 Å². The Labute approximate surface area is 153 Å². The lowest BCUT2D eigenvalue weighted by Gasteiger charge is -2.34. The van der Waals surface area contributed by atoms with Gasteiger partial charge in [-0.15, -0.1) is 0 Å². The molecule has 0 aromatic heterocycles. The van der Waals surface area contributed by atoms with Crippen LogP contribution in [0.4, 0.5) is 0 Å². The number of allylic oxidation sites excluding steroid dienone is 3. The highest BCUT2D eigenvalue weighted by Crippen LogP contribution is 2.41. The Morgan fingerprint density at radius 3 is 2.60 bits per heavy atom. The molecule has 0 heterocycles. The van der Waals surface area contributed by atoms with Crippen LogP contribution in [0.25, 0.3) is 6.08 Å². The largest absolute Gasteiger partial charge is 0.497 e. The molecule has 2 unspecified atom stereocenters. The smallest absolute Gasteiger partial charge is 0.118 e. The lowest BCUT2D eigenvalue weighted by molar-refractivity contribution is 0.122. The molecule has 0 spiro atoms. The minimum absolute atomic E-state index is 0.118. The van der Waals surface area contributed by atoms with Crippen molar-refractivity contribution in [1.29, 1.82) is 0 Å². The maximum atomic E-state index is 5.89. The van der Waals surface area contributed by atoms with Crippen LogP contribution in [0.5, 0.6) is 5.75 Å². The molecular formula is C23H32O2. The Morgan fingerprint density at radius 1 is 1.20 bits per heavy atom. The quantitative estimate of drug-likeness (QED) is 0.550. The fraction of sp³-hybridized carbons (Fsp3) is 0.478. The van der Waals surface area contributed by atoms with Crippen molar-refractivity contribution in [2.24, 2.45) is 5.41 Å². The van der Waals surface area contributed by atoms with Crippen molar-refractivity contribution in [3.63, 3.8) is 0 Å². The van der Waals surface area contributed by atoms with Crippen molar-refractivity contribution in [2.45, 2.75) is 53.1 Å². The first-order valence-corrected chi connectivity index (χ1v) is 9.23. The third kappa shape index (κ3) is 5.61. The topological polar surface area (TPSA) is 18.5 Å². The molecule has 0 saturated heterocycles. The highest BCUT2D eigenvalue weighted by atomic mass is 16.5. The number of benzene rings is 1. The van der Waals surface area contributed by atoms with Crippen LogP contribution in [0.15, 0.2) is 53.6 Å². The van der Waals surface area contributed by atoms with E-state index >= 15 is 0 Å². The Morgan fingerprint density at radius 2 is 1.92 bits per heavy atom. The van der Waals surface area contributed by atoms with Crippen molar-refractivity contribution in [3.8, 4) is 5.75 Å². The van der Waals surface area contributed by atoms with Gasteiger partial charge in [0.25, 0.3) is 0 Å². The zero-order chi connectivity index (χ0) is 18.3. The zero-order valence-electron chi connectivity index (χ0n) is 16.3. The molecule has 0 amide bonds. The number of hydrogen-bond donors (Lipinski definition) is 0. The van der Waals surface area contributed by atoms with Gasteiger partial charge in [-0.2, -0.15) is 0 Å². The second-order valence-electron chi connectivity index (χ2n) is 7.25. The molecule has 1 aromatic carbocycles. The van der Waals surface area contributed by atoms with Crippen LogP contribution in [-0.2, 0) is 4.74 Å². The second-order valence-corrected chi connectivity index (χ2v) is 7.25. The maximum Gasteiger partial charge on any atom is 0.118 e. The molecule has 0 aliphatic heterocycles. The summed E-state index contributed by atoms with van der Waals surface area (Å²) in [6.07, 6.45) is 12.6. The predicted molar refractivity (Wildman–Crippen MR) is 107 cm³/mol. The fourth-order valence-electron chi connectivity index (χ4n) is 3.30. The van der Waals surface area contributed by atoms with Gasteiger partial charge in [-0.05, 0) is 57.7 Å². The summed E-state index contributed by atoms with van der Waals surface area (Å²) in [5.74, 6) is 0.878. The number of hydrogen-bond acceptors (Lipinski definition) is 2. The summed E-state index contributed by atoms with van der Waals surface area (Å²) >= 11 is 0. The standard InChI is InChI=1S/C23H32O2/c1-18-8-6-15-23(4,20(18)3)16-14-19(2)25-17-7-9-21-10-12-22(24-5)13-11-21/h7,9-14,16,19H,6,8,15,17H2,1-5H3/b9-7+,16-14+. The molecule has 25 heavy (non-hydrogen) atoms. The molecule has 0 saturated carbocycles. The van der Waals surface area contributed by atoms with Gasteiger partial charge >= 0.3 is 0 Å². The van der Waals surface area contributed by atoms with Gasteiger partial charge in [0.15, 0.2) is 0 Å². The summed E-state index contributed by atoms with van der Waals surface area (Å²) in [4.78, 5) is 0. The first-order chi connectivity index (χ1) is 11.9. The van der Waals surface area contributed by atoms with E-state index in [1.54, 1.807) is 12.7 Å². The summed E-state index contributed by atoms with van der Waals surface area (Å²) in [5.41, 5.74) is 4.42. The van der Waals surface area contributed by atoms with Crippen LogP contribution in [-0.4, -0.2) is 19.8 Å². The van der Waals surface area contributed by atoms with Gasteiger partial charge in [0.05, 0.1) is 19.8 Å². The minimum Gasteiger partial charge on any atom is -0.497 e. The van der Waals surface area contributed by atoms with Gasteiger partial charge < -0.3 is 9.47 Å². The molecule has 136 valence electrons. The van der Waals surface area contributed by atoms with E-state index < -0.39 is 0 Å². The number of rotatable bonds is 7. The van der Waals surface area contributed by atoms with E-state index in [4.69, 9.17) is 9.47 Å². The molecule has 2 atom stereocenters. The molecule has 1 aliphatic rings. The van der Waals surface area contributed by atoms with E-state index in [-0.39, 0.29) is 11.5 Å². The van der Waals surface area contributed by atoms with E-state index in [1.807, 2.05) is 24.3 Å². The second kappa shape index (κ2) is 9.05. The Balaban J connectivity index is 1.82. The first kappa shape index (κ1) is 19.5. The van der Waals surface area contributed by atoms with Gasteiger partial charge in [0.2, 0.25) is 0 Å². The summed E-state index contributed by atoms with van der Waals surface area (Å²) in [7, 11) is 1.68. The molecule has 2 rings (SSSR count). The van der Waals surface area contributed by atoms with Gasteiger partial charge in [0, 0.05) is 5.41 Å². The Kier molecular flexibility index (Phi) is 7.07. The molecule has 0 fully saturated rings. The molecule has 0 radical (unpaired) electrons. The van der Waals surface area contributed by atoms with Crippen molar-refractivity contribution < 1.29 is 9.47 Å². The van der Waals surface area contributed by atoms with Gasteiger partial charge in [-0.3, -0.25) is 0 Å². The third-order valence-corrected chi connectivity index (χ3v) is 5.36. The number of ether oxygens (including phenoxy) is 2. The van der Waals surface area contributed by atoms with Crippen LogP contribution in [0, 0.1) is 5.41 Å². The number of methoxy groups -OCH3 is 1. The van der Waals surface area contributed by atoms with Crippen LogP contribution in [0.3, 0.4) is 0 Å². The monoisotopic (exact) mass is 340 g/mol. The Bertz CT molecular complexity index is 637. The van der Waals surface area contributed by atoms with Crippen LogP contribution < -0.4 is 4.74 Å². The van der Waals surface area contributed by atoms with E-state index in [2.05, 4.69) is 52.0 Å². The third-order valence-electron chi connectivity index (χ3n) is 5.36. The normalized spacial score (nSPS) is 22.8. The molecule has 1 aliphatic carbocycles. The predicted octanol–water partition coefficient (Wildman–Crippen LogP) is 6.20. The average Bonchev–Trinajstić information content (AvgIpc) is 2.62. The Hall–Kier alpha value is -1.80. The zero-order valence-corrected chi connectivity index (χ0v) is 16.3. The van der Waals surface area contributed by atoms with E-state index in [1.165, 1.54) is 24.8 Å². The van der Waals surface area contributed by atoms with Crippen molar-refractivity contribution in [3.05, 3.63) is 59.2 Å². The van der Waals surface area contributed by atoms with E-state index in [9.17, 15) is 0 Å². The lowest BCUT2D eigenvalue weighted by atomic mass is 9.72. The van der Waals surface area contributed by atoms with Gasteiger partial charge in [-0.1, -0.05) is 54.5 Å². The van der Waals surface area contributed by atoms with Crippen LogP contribution >= 0.6 is 0 Å². The molecule has 0 N–H and O–H groups in total. The highest BCUT2D eigenvalue weighted by Gasteiger charge is 2.27. The summed E-state index contributed by atoms with van der Waals surface area (Å²) in [6, 6.07) is 8.02.